The molecule has 0 saturated carbocycles. The van der Waals surface area contributed by atoms with Gasteiger partial charge in [-0.2, -0.15) is 0 Å². The van der Waals surface area contributed by atoms with Crippen molar-refractivity contribution < 1.29 is 4.74 Å². The topological polar surface area (TPSA) is 19.0 Å². The monoisotopic (exact) mass is 355 g/mol. The van der Waals surface area contributed by atoms with Crippen LogP contribution in [0.2, 0.25) is 0 Å². The van der Waals surface area contributed by atoms with Crippen molar-refractivity contribution in [2.75, 3.05) is 63.9 Å². The summed E-state index contributed by atoms with van der Waals surface area (Å²) in [5, 5.41) is 0. The van der Waals surface area contributed by atoms with Crippen LogP contribution in [0.5, 0.6) is 0 Å². The maximum absolute atomic E-state index is 5.36. The van der Waals surface area contributed by atoms with E-state index in [-0.39, 0.29) is 0 Å². The van der Waals surface area contributed by atoms with Gasteiger partial charge >= 0.3 is 0 Å². The highest BCUT2D eigenvalue weighted by atomic mass is 16.5. The maximum atomic E-state index is 5.36. The summed E-state index contributed by atoms with van der Waals surface area (Å²) < 4.78 is 5.36. The molecule has 4 heterocycles. The molecule has 4 aliphatic rings. The number of rotatable bonds is 5. The lowest BCUT2D eigenvalue weighted by Gasteiger charge is -2.55. The summed E-state index contributed by atoms with van der Waals surface area (Å²) >= 11 is 0. The Kier molecular flexibility index (Phi) is 4.68. The van der Waals surface area contributed by atoms with Crippen LogP contribution in [0.4, 0.5) is 5.69 Å². The van der Waals surface area contributed by atoms with Gasteiger partial charge in [0.05, 0.1) is 13.2 Å². The Morgan fingerprint density at radius 2 is 1.62 bits per heavy atom. The van der Waals surface area contributed by atoms with Gasteiger partial charge in [-0.3, -0.25) is 0 Å². The molecule has 0 radical (unpaired) electrons. The fraction of sp³-hybridized carbons (Fsp3) is 0.727. The molecule has 0 unspecified atom stereocenters. The predicted octanol–water partition coefficient (Wildman–Crippen LogP) is 2.63. The third kappa shape index (κ3) is 3.39. The highest BCUT2D eigenvalue weighted by molar-refractivity contribution is 5.48. The van der Waals surface area contributed by atoms with Gasteiger partial charge in [0.25, 0.3) is 0 Å². The van der Waals surface area contributed by atoms with E-state index in [9.17, 15) is 0 Å². The Hall–Kier alpha value is -1.10. The highest BCUT2D eigenvalue weighted by Crippen LogP contribution is 2.37. The zero-order valence-electron chi connectivity index (χ0n) is 16.0. The van der Waals surface area contributed by atoms with Crippen LogP contribution in [0.25, 0.3) is 0 Å². The van der Waals surface area contributed by atoms with Crippen molar-refractivity contribution in [3.8, 4) is 0 Å². The van der Waals surface area contributed by atoms with Gasteiger partial charge in [0.15, 0.2) is 0 Å². The molecular weight excluding hydrogens is 322 g/mol. The lowest BCUT2D eigenvalue weighted by atomic mass is 9.78. The molecule has 26 heavy (non-hydrogen) atoms. The van der Waals surface area contributed by atoms with Gasteiger partial charge in [-0.25, -0.2) is 0 Å². The number of piperidine rings is 1. The van der Waals surface area contributed by atoms with E-state index in [2.05, 4.69) is 39.0 Å². The first-order chi connectivity index (χ1) is 12.8. The smallest absolute Gasteiger partial charge is 0.0569 e. The Morgan fingerprint density at radius 1 is 0.923 bits per heavy atom. The van der Waals surface area contributed by atoms with E-state index < -0.39 is 0 Å². The molecule has 4 saturated heterocycles. The molecule has 5 rings (SSSR count). The molecule has 4 nitrogen and oxygen atoms in total. The molecule has 4 fully saturated rings. The summed E-state index contributed by atoms with van der Waals surface area (Å²) in [6.07, 6.45) is 6.67. The van der Waals surface area contributed by atoms with Gasteiger partial charge in [0, 0.05) is 49.9 Å². The van der Waals surface area contributed by atoms with Crippen molar-refractivity contribution in [3.05, 3.63) is 29.8 Å². The molecule has 0 atom stereocenters. The summed E-state index contributed by atoms with van der Waals surface area (Å²) in [5.74, 6) is 0. The van der Waals surface area contributed by atoms with Crippen molar-refractivity contribution in [2.24, 2.45) is 5.41 Å². The van der Waals surface area contributed by atoms with Gasteiger partial charge in [-0.05, 0) is 62.9 Å². The number of anilines is 1. The summed E-state index contributed by atoms with van der Waals surface area (Å²) in [7, 11) is 0. The fourth-order valence-corrected chi connectivity index (χ4v) is 5.39. The molecule has 4 aliphatic heterocycles. The molecule has 142 valence electrons. The van der Waals surface area contributed by atoms with Crippen molar-refractivity contribution in [1.29, 1.82) is 0 Å². The first kappa shape index (κ1) is 17.0. The summed E-state index contributed by atoms with van der Waals surface area (Å²) in [5.41, 5.74) is 3.44. The molecule has 1 aromatic carbocycles. The average Bonchev–Trinajstić information content (AvgIpc) is 3.14. The van der Waals surface area contributed by atoms with Gasteiger partial charge in [0.2, 0.25) is 0 Å². The number of ether oxygens (including phenoxy) is 1. The van der Waals surface area contributed by atoms with Crippen LogP contribution in [-0.2, 0) is 11.2 Å². The zero-order chi connectivity index (χ0) is 17.4. The molecule has 1 aromatic rings. The minimum absolute atomic E-state index is 0.547. The fourth-order valence-electron chi connectivity index (χ4n) is 5.39. The van der Waals surface area contributed by atoms with E-state index in [1.807, 2.05) is 0 Å². The van der Waals surface area contributed by atoms with E-state index in [1.165, 1.54) is 89.2 Å². The van der Waals surface area contributed by atoms with Gasteiger partial charge < -0.3 is 19.4 Å². The Balaban J connectivity index is 1.08. The largest absolute Gasteiger partial charge is 0.380 e. The molecule has 0 aromatic heterocycles. The van der Waals surface area contributed by atoms with Gasteiger partial charge in [-0.15, -0.1) is 0 Å². The number of likely N-dealkylation sites (tertiary alicyclic amines) is 2. The number of benzene rings is 1. The van der Waals surface area contributed by atoms with Crippen LogP contribution >= 0.6 is 0 Å². The van der Waals surface area contributed by atoms with Gasteiger partial charge in [-0.1, -0.05) is 12.1 Å². The lowest BCUT2D eigenvalue weighted by molar-refractivity contribution is -0.188. The zero-order valence-corrected chi connectivity index (χ0v) is 16.0. The molecule has 4 heteroatoms. The quantitative estimate of drug-likeness (QED) is 0.808. The molecule has 0 amide bonds. The van der Waals surface area contributed by atoms with Crippen LogP contribution in [0, 0.1) is 5.41 Å². The normalized spacial score (nSPS) is 26.8. The second kappa shape index (κ2) is 7.14. The summed E-state index contributed by atoms with van der Waals surface area (Å²) in [6, 6.07) is 10.2. The van der Waals surface area contributed by atoms with E-state index in [0.29, 0.717) is 5.41 Å². The second-order valence-electron chi connectivity index (χ2n) is 9.08. The van der Waals surface area contributed by atoms with Crippen molar-refractivity contribution in [3.63, 3.8) is 0 Å². The molecule has 0 N–H and O–H groups in total. The first-order valence-electron chi connectivity index (χ1n) is 10.7. The van der Waals surface area contributed by atoms with Crippen LogP contribution < -0.4 is 4.90 Å². The number of hydrogen-bond donors (Lipinski definition) is 0. The van der Waals surface area contributed by atoms with Crippen LogP contribution in [-0.4, -0.2) is 74.9 Å². The lowest BCUT2D eigenvalue weighted by Crippen LogP contribution is -2.66. The summed E-state index contributed by atoms with van der Waals surface area (Å²) in [6.45, 7) is 10.8. The van der Waals surface area contributed by atoms with E-state index >= 15 is 0 Å². The predicted molar refractivity (Wildman–Crippen MR) is 106 cm³/mol. The van der Waals surface area contributed by atoms with Crippen LogP contribution in [0.15, 0.2) is 24.3 Å². The average molecular weight is 356 g/mol. The molecule has 0 aliphatic carbocycles. The SMILES string of the molecule is c1cc(N2CCC(N3CCCC3)CC2)ccc1CCN1CC2(COC2)C1. The Labute approximate surface area is 158 Å². The van der Waals surface area contributed by atoms with E-state index in [0.717, 1.165) is 19.3 Å². The standard InChI is InChI=1S/C22H33N3O/c1-2-11-24(10-1)21-8-13-25(14-9-21)20-5-3-19(4-6-20)7-12-23-15-22(16-23)17-26-18-22/h3-6,21H,1-2,7-18H2. The third-order valence-corrected chi connectivity index (χ3v) is 7.07. The van der Waals surface area contributed by atoms with Crippen molar-refractivity contribution in [2.45, 2.75) is 38.1 Å². The van der Waals surface area contributed by atoms with Crippen LogP contribution in [0.3, 0.4) is 0 Å². The molecule has 1 spiro atoms. The van der Waals surface area contributed by atoms with Crippen molar-refractivity contribution >= 4 is 5.69 Å². The van der Waals surface area contributed by atoms with Crippen LogP contribution in [0.1, 0.15) is 31.2 Å². The first-order valence-corrected chi connectivity index (χ1v) is 10.7. The minimum atomic E-state index is 0.547. The Morgan fingerprint density at radius 3 is 2.23 bits per heavy atom. The number of nitrogens with zero attached hydrogens (tertiary/aromatic N) is 3. The Bertz CT molecular complexity index is 590. The number of hydrogen-bond acceptors (Lipinski definition) is 4. The van der Waals surface area contributed by atoms with E-state index in [1.54, 1.807) is 0 Å². The summed E-state index contributed by atoms with van der Waals surface area (Å²) in [4.78, 5) is 7.90. The highest BCUT2D eigenvalue weighted by Gasteiger charge is 2.48. The molecular formula is C22H33N3O. The minimum Gasteiger partial charge on any atom is -0.380 e. The van der Waals surface area contributed by atoms with Crippen molar-refractivity contribution in [1.82, 2.24) is 9.80 Å². The maximum Gasteiger partial charge on any atom is 0.0569 e. The second-order valence-corrected chi connectivity index (χ2v) is 9.08. The third-order valence-electron chi connectivity index (χ3n) is 7.07. The van der Waals surface area contributed by atoms with Gasteiger partial charge in [0.1, 0.15) is 0 Å². The molecule has 0 bridgehead atoms. The van der Waals surface area contributed by atoms with E-state index in [4.69, 9.17) is 4.74 Å².